The van der Waals surface area contributed by atoms with Crippen LogP contribution in [0.1, 0.15) is 69.2 Å². The van der Waals surface area contributed by atoms with Crippen molar-refractivity contribution >= 4 is 17.9 Å². The first-order valence-corrected chi connectivity index (χ1v) is 10.9. The summed E-state index contributed by atoms with van der Waals surface area (Å²) >= 11 is 0. The van der Waals surface area contributed by atoms with Crippen molar-refractivity contribution in [3.63, 3.8) is 0 Å². The standard InChI is InChI=1S/C24H36O9/c1-15(2)32-17(4)13-31-23(28)24(6,7)33-18(5)14-30-22(27)20-10-8-19(9-11-20)21(26)29-12-16(3)25/h8-11,15-18,25H,12-14H2,1-7H3. The number of benzene rings is 1. The zero-order chi connectivity index (χ0) is 25.2. The third-order valence-corrected chi connectivity index (χ3v) is 4.20. The second-order valence-electron chi connectivity index (χ2n) is 8.66. The number of rotatable bonds is 13. The van der Waals surface area contributed by atoms with E-state index in [2.05, 4.69) is 0 Å². The summed E-state index contributed by atoms with van der Waals surface area (Å²) in [5.41, 5.74) is -0.748. The van der Waals surface area contributed by atoms with Gasteiger partial charge in [-0.1, -0.05) is 0 Å². The predicted octanol–water partition coefficient (Wildman–Crippen LogP) is 2.92. The van der Waals surface area contributed by atoms with Crippen LogP contribution < -0.4 is 0 Å². The quantitative estimate of drug-likeness (QED) is 0.344. The SMILES string of the molecule is CC(O)COC(=O)c1ccc(C(=O)OCC(C)OC(C)(C)C(=O)OCC(C)OC(C)C)cc1. The molecule has 0 aliphatic rings. The Morgan fingerprint density at radius 2 is 1.24 bits per heavy atom. The molecule has 0 aliphatic carbocycles. The van der Waals surface area contributed by atoms with Crippen LogP contribution >= 0.6 is 0 Å². The van der Waals surface area contributed by atoms with Crippen molar-refractivity contribution in [1.29, 1.82) is 0 Å². The molecule has 0 saturated heterocycles. The second-order valence-corrected chi connectivity index (χ2v) is 8.66. The van der Waals surface area contributed by atoms with Crippen molar-refractivity contribution < 1.29 is 43.2 Å². The summed E-state index contributed by atoms with van der Waals surface area (Å²) in [5, 5.41) is 9.17. The minimum atomic E-state index is -1.24. The molecule has 1 N–H and O–H groups in total. The molecule has 3 atom stereocenters. The van der Waals surface area contributed by atoms with Crippen LogP contribution in [-0.4, -0.2) is 72.9 Å². The van der Waals surface area contributed by atoms with Crippen molar-refractivity contribution in [3.8, 4) is 0 Å². The molecule has 186 valence electrons. The summed E-state index contributed by atoms with van der Waals surface area (Å²) in [4.78, 5) is 36.5. The maximum atomic E-state index is 12.4. The highest BCUT2D eigenvalue weighted by Crippen LogP contribution is 2.16. The lowest BCUT2D eigenvalue weighted by Gasteiger charge is -2.27. The van der Waals surface area contributed by atoms with Crippen molar-refractivity contribution in [1.82, 2.24) is 0 Å². The van der Waals surface area contributed by atoms with Gasteiger partial charge in [0.2, 0.25) is 0 Å². The minimum Gasteiger partial charge on any atom is -0.461 e. The van der Waals surface area contributed by atoms with Gasteiger partial charge in [-0.15, -0.1) is 0 Å². The van der Waals surface area contributed by atoms with E-state index >= 15 is 0 Å². The third kappa shape index (κ3) is 10.8. The predicted molar refractivity (Wildman–Crippen MR) is 120 cm³/mol. The molecule has 0 aromatic heterocycles. The van der Waals surface area contributed by atoms with Gasteiger partial charge < -0.3 is 28.8 Å². The Hall–Kier alpha value is -2.49. The largest absolute Gasteiger partial charge is 0.461 e. The lowest BCUT2D eigenvalue weighted by molar-refractivity contribution is -0.179. The molecule has 0 saturated carbocycles. The van der Waals surface area contributed by atoms with E-state index in [1.54, 1.807) is 20.8 Å². The molecule has 1 aromatic carbocycles. The molecule has 33 heavy (non-hydrogen) atoms. The van der Waals surface area contributed by atoms with Gasteiger partial charge in [0.05, 0.1) is 35.5 Å². The van der Waals surface area contributed by atoms with E-state index in [0.717, 1.165) is 0 Å². The average Bonchev–Trinajstić information content (AvgIpc) is 2.73. The monoisotopic (exact) mass is 468 g/mol. The molecule has 3 unspecified atom stereocenters. The Balaban J connectivity index is 2.50. The van der Waals surface area contributed by atoms with Crippen molar-refractivity contribution in [2.45, 2.75) is 78.5 Å². The molecule has 0 amide bonds. The number of ether oxygens (including phenoxy) is 5. The first kappa shape index (κ1) is 28.5. The molecule has 0 spiro atoms. The van der Waals surface area contributed by atoms with Crippen LogP contribution in [0.3, 0.4) is 0 Å². The number of hydrogen-bond donors (Lipinski definition) is 1. The van der Waals surface area contributed by atoms with Gasteiger partial charge in [-0.3, -0.25) is 0 Å². The number of carbonyl (C=O) groups is 3. The highest BCUT2D eigenvalue weighted by Gasteiger charge is 2.33. The van der Waals surface area contributed by atoms with E-state index in [9.17, 15) is 14.4 Å². The van der Waals surface area contributed by atoms with E-state index in [4.69, 9.17) is 28.8 Å². The first-order valence-electron chi connectivity index (χ1n) is 10.9. The topological polar surface area (TPSA) is 118 Å². The summed E-state index contributed by atoms with van der Waals surface area (Å²) in [6, 6.07) is 5.75. The smallest absolute Gasteiger partial charge is 0.338 e. The van der Waals surface area contributed by atoms with E-state index in [1.807, 2.05) is 20.8 Å². The van der Waals surface area contributed by atoms with Gasteiger partial charge in [0.1, 0.15) is 19.8 Å². The zero-order valence-electron chi connectivity index (χ0n) is 20.5. The van der Waals surface area contributed by atoms with Crippen molar-refractivity contribution in [3.05, 3.63) is 35.4 Å². The van der Waals surface area contributed by atoms with Gasteiger partial charge in [0.15, 0.2) is 5.60 Å². The fraction of sp³-hybridized carbons (Fsp3) is 0.625. The number of esters is 3. The lowest BCUT2D eigenvalue weighted by Crippen LogP contribution is -2.41. The summed E-state index contributed by atoms with van der Waals surface area (Å²) in [6.45, 7) is 11.9. The van der Waals surface area contributed by atoms with Crippen LogP contribution in [0.5, 0.6) is 0 Å². The number of carbonyl (C=O) groups excluding carboxylic acids is 3. The Labute approximate surface area is 195 Å². The van der Waals surface area contributed by atoms with E-state index in [1.165, 1.54) is 31.2 Å². The van der Waals surface area contributed by atoms with Crippen LogP contribution in [-0.2, 0) is 28.5 Å². The Morgan fingerprint density at radius 3 is 1.70 bits per heavy atom. The Morgan fingerprint density at radius 1 is 0.788 bits per heavy atom. The summed E-state index contributed by atoms with van der Waals surface area (Å²) in [5.74, 6) is -1.75. The van der Waals surface area contributed by atoms with E-state index in [-0.39, 0.29) is 43.2 Å². The maximum absolute atomic E-state index is 12.4. The summed E-state index contributed by atoms with van der Waals surface area (Å²) < 4.78 is 26.7. The minimum absolute atomic E-state index is 0.0257. The summed E-state index contributed by atoms with van der Waals surface area (Å²) in [7, 11) is 0. The van der Waals surface area contributed by atoms with Crippen molar-refractivity contribution in [2.75, 3.05) is 19.8 Å². The molecule has 9 heteroatoms. The van der Waals surface area contributed by atoms with Gasteiger partial charge in [0.25, 0.3) is 0 Å². The van der Waals surface area contributed by atoms with Crippen molar-refractivity contribution in [2.24, 2.45) is 0 Å². The molecule has 0 aliphatic heterocycles. The molecule has 0 heterocycles. The summed E-state index contributed by atoms with van der Waals surface area (Å²) in [6.07, 6.45) is -1.55. The number of hydrogen-bond acceptors (Lipinski definition) is 9. The molecule has 1 aromatic rings. The van der Waals surface area contributed by atoms with E-state index < -0.39 is 35.7 Å². The fourth-order valence-electron chi connectivity index (χ4n) is 2.75. The second kappa shape index (κ2) is 13.3. The van der Waals surface area contributed by atoms with Gasteiger partial charge >= 0.3 is 17.9 Å². The van der Waals surface area contributed by atoms with Gasteiger partial charge in [-0.25, -0.2) is 14.4 Å². The Kier molecular flexibility index (Phi) is 11.5. The molecule has 0 bridgehead atoms. The maximum Gasteiger partial charge on any atom is 0.338 e. The lowest BCUT2D eigenvalue weighted by atomic mass is 10.1. The highest BCUT2D eigenvalue weighted by atomic mass is 16.6. The van der Waals surface area contributed by atoms with Crippen LogP contribution in [0.15, 0.2) is 24.3 Å². The molecular formula is C24H36O9. The normalized spacial score (nSPS) is 14.3. The molecular weight excluding hydrogens is 432 g/mol. The molecule has 0 radical (unpaired) electrons. The zero-order valence-corrected chi connectivity index (χ0v) is 20.5. The van der Waals surface area contributed by atoms with Crippen LogP contribution in [0.4, 0.5) is 0 Å². The van der Waals surface area contributed by atoms with Crippen LogP contribution in [0.25, 0.3) is 0 Å². The third-order valence-electron chi connectivity index (χ3n) is 4.20. The van der Waals surface area contributed by atoms with Gasteiger partial charge in [-0.2, -0.15) is 0 Å². The molecule has 0 fully saturated rings. The number of aliphatic hydroxyl groups excluding tert-OH is 1. The average molecular weight is 469 g/mol. The highest BCUT2D eigenvalue weighted by molar-refractivity contribution is 5.93. The van der Waals surface area contributed by atoms with E-state index in [0.29, 0.717) is 0 Å². The fourth-order valence-corrected chi connectivity index (χ4v) is 2.75. The molecule has 9 nitrogen and oxygen atoms in total. The number of aliphatic hydroxyl groups is 1. The Bertz CT molecular complexity index is 769. The molecule has 1 rings (SSSR count). The first-order chi connectivity index (χ1) is 15.3. The van der Waals surface area contributed by atoms with Crippen LogP contribution in [0.2, 0.25) is 0 Å². The van der Waals surface area contributed by atoms with Crippen LogP contribution in [0, 0.1) is 0 Å². The van der Waals surface area contributed by atoms with Gasteiger partial charge in [0, 0.05) is 0 Å². The van der Waals surface area contributed by atoms with Gasteiger partial charge in [-0.05, 0) is 72.7 Å².